The second kappa shape index (κ2) is 7.12. The highest BCUT2D eigenvalue weighted by atomic mass is 16.2. The highest BCUT2D eigenvalue weighted by Crippen LogP contribution is 2.42. The first-order valence-corrected chi connectivity index (χ1v) is 9.63. The third kappa shape index (κ3) is 2.99. The van der Waals surface area contributed by atoms with E-state index in [0.717, 1.165) is 26.1 Å². The van der Waals surface area contributed by atoms with Crippen LogP contribution in [0.3, 0.4) is 0 Å². The predicted octanol–water partition coefficient (Wildman–Crippen LogP) is 3.52. The maximum absolute atomic E-state index is 12.4. The van der Waals surface area contributed by atoms with E-state index in [2.05, 4.69) is 73.0 Å². The number of piperidine rings is 1. The molecular formula is C22H27N3O. The van der Waals surface area contributed by atoms with E-state index in [4.69, 9.17) is 0 Å². The number of carbonyl (C=O) groups excluding carboxylic acids is 1. The lowest BCUT2D eigenvalue weighted by Gasteiger charge is -2.59. The predicted molar refractivity (Wildman–Crippen MR) is 105 cm³/mol. The smallest absolute Gasteiger partial charge is 0.318 e. The molecule has 0 aromatic heterocycles. The molecule has 26 heavy (non-hydrogen) atoms. The first kappa shape index (κ1) is 17.1. The van der Waals surface area contributed by atoms with Crippen LogP contribution in [0.25, 0.3) is 11.1 Å². The van der Waals surface area contributed by atoms with Gasteiger partial charge in [-0.25, -0.2) is 4.79 Å². The largest absolute Gasteiger partial charge is 0.338 e. The molecule has 2 aromatic carbocycles. The van der Waals surface area contributed by atoms with Crippen LogP contribution in [-0.4, -0.2) is 42.6 Å². The summed E-state index contributed by atoms with van der Waals surface area (Å²) in [6.45, 7) is 6.69. The highest BCUT2D eigenvalue weighted by molar-refractivity contribution is 5.77. The van der Waals surface area contributed by atoms with Gasteiger partial charge in [0, 0.05) is 25.6 Å². The number of fused-ring (bicyclic) bond motifs is 2. The van der Waals surface area contributed by atoms with Gasteiger partial charge in [0.15, 0.2) is 0 Å². The molecule has 4 rings (SSSR count). The fourth-order valence-electron chi connectivity index (χ4n) is 4.29. The summed E-state index contributed by atoms with van der Waals surface area (Å²) in [6, 6.07) is 18.2. The van der Waals surface area contributed by atoms with Crippen LogP contribution in [0.1, 0.15) is 30.4 Å². The van der Waals surface area contributed by atoms with Gasteiger partial charge in [0.1, 0.15) is 0 Å². The van der Waals surface area contributed by atoms with Crippen molar-refractivity contribution in [2.75, 3.05) is 19.6 Å². The van der Waals surface area contributed by atoms with Crippen molar-refractivity contribution in [3.8, 4) is 11.1 Å². The first-order valence-electron chi connectivity index (χ1n) is 9.63. The summed E-state index contributed by atoms with van der Waals surface area (Å²) < 4.78 is 0. The number of amides is 2. The molecule has 2 fully saturated rings. The van der Waals surface area contributed by atoms with Gasteiger partial charge in [0.05, 0.1) is 12.1 Å². The molecule has 136 valence electrons. The van der Waals surface area contributed by atoms with Crippen LogP contribution in [-0.2, 0) is 0 Å². The number of nitrogens with zero attached hydrogens (tertiary/aromatic N) is 1. The summed E-state index contributed by atoms with van der Waals surface area (Å²) in [4.78, 5) is 14.5. The van der Waals surface area contributed by atoms with E-state index >= 15 is 0 Å². The summed E-state index contributed by atoms with van der Waals surface area (Å²) in [5.74, 6) is 0.440. The number of urea groups is 1. The molecule has 4 nitrogen and oxygen atoms in total. The van der Waals surface area contributed by atoms with Crippen LogP contribution in [0.4, 0.5) is 4.79 Å². The van der Waals surface area contributed by atoms with Crippen molar-refractivity contribution >= 4 is 6.03 Å². The van der Waals surface area contributed by atoms with Gasteiger partial charge in [-0.1, -0.05) is 61.0 Å². The molecular weight excluding hydrogens is 322 g/mol. The van der Waals surface area contributed by atoms with Crippen molar-refractivity contribution in [2.24, 2.45) is 0 Å². The Labute approximate surface area is 155 Å². The number of carbonyl (C=O) groups is 1. The minimum Gasteiger partial charge on any atom is -0.338 e. The van der Waals surface area contributed by atoms with Crippen LogP contribution in [0.5, 0.6) is 0 Å². The zero-order valence-corrected chi connectivity index (χ0v) is 15.5. The molecule has 1 unspecified atom stereocenters. The van der Waals surface area contributed by atoms with Gasteiger partial charge in [-0.2, -0.15) is 0 Å². The summed E-state index contributed by atoms with van der Waals surface area (Å²) in [6.07, 6.45) is 0.969. The molecule has 2 N–H and O–H groups in total. The van der Waals surface area contributed by atoms with E-state index in [1.807, 2.05) is 4.90 Å². The van der Waals surface area contributed by atoms with Crippen LogP contribution < -0.4 is 10.6 Å². The van der Waals surface area contributed by atoms with Crippen LogP contribution >= 0.6 is 0 Å². The lowest BCUT2D eigenvalue weighted by molar-refractivity contribution is -0.00341. The summed E-state index contributed by atoms with van der Waals surface area (Å²) in [5.41, 5.74) is 5.12. The fourth-order valence-corrected chi connectivity index (χ4v) is 4.29. The van der Waals surface area contributed by atoms with Crippen LogP contribution in [0.15, 0.2) is 48.5 Å². The van der Waals surface area contributed by atoms with Crippen molar-refractivity contribution in [3.63, 3.8) is 0 Å². The number of piperazine rings is 1. The fraction of sp³-hybridized carbons (Fsp3) is 0.409. The second-order valence-electron chi connectivity index (χ2n) is 7.45. The minimum atomic E-state index is 0.0934. The molecule has 2 bridgehead atoms. The molecule has 4 heteroatoms. The minimum absolute atomic E-state index is 0.0934. The number of hydrogen-bond acceptors (Lipinski definition) is 2. The van der Waals surface area contributed by atoms with Crippen molar-refractivity contribution in [1.82, 2.24) is 15.5 Å². The van der Waals surface area contributed by atoms with Crippen LogP contribution in [0.2, 0.25) is 0 Å². The lowest BCUT2D eigenvalue weighted by atomic mass is 9.72. The van der Waals surface area contributed by atoms with Gasteiger partial charge >= 0.3 is 6.03 Å². The van der Waals surface area contributed by atoms with Gasteiger partial charge in [-0.05, 0) is 30.0 Å². The average Bonchev–Trinajstić information content (AvgIpc) is 2.68. The highest BCUT2D eigenvalue weighted by Gasteiger charge is 2.53. The third-order valence-electron chi connectivity index (χ3n) is 5.69. The van der Waals surface area contributed by atoms with Crippen molar-refractivity contribution < 1.29 is 4.79 Å². The van der Waals surface area contributed by atoms with Gasteiger partial charge in [0.25, 0.3) is 0 Å². The maximum atomic E-state index is 12.4. The van der Waals surface area contributed by atoms with E-state index in [1.165, 1.54) is 22.3 Å². The quantitative estimate of drug-likeness (QED) is 0.887. The van der Waals surface area contributed by atoms with Gasteiger partial charge in [0.2, 0.25) is 0 Å². The molecule has 0 radical (unpaired) electrons. The Balaban J connectivity index is 1.50. The Morgan fingerprint density at radius 1 is 1.04 bits per heavy atom. The van der Waals surface area contributed by atoms with E-state index in [9.17, 15) is 4.79 Å². The molecule has 2 aliphatic rings. The molecule has 0 spiro atoms. The SMILES string of the molecule is CCCNC(=O)N1[C@@H]2CNC[C@H]1C2c1ccc(-c2ccc(C)cc2)cc1. The Bertz CT molecular complexity index is 757. The molecule has 0 aliphatic carbocycles. The molecule has 2 aliphatic heterocycles. The van der Waals surface area contributed by atoms with Crippen molar-refractivity contribution in [1.29, 1.82) is 0 Å². The average molecular weight is 349 g/mol. The number of nitrogens with one attached hydrogen (secondary N) is 2. The number of aryl methyl sites for hydroxylation is 1. The zero-order valence-electron chi connectivity index (χ0n) is 15.5. The first-order chi connectivity index (χ1) is 12.7. The zero-order chi connectivity index (χ0) is 18.1. The summed E-state index contributed by atoms with van der Waals surface area (Å²) >= 11 is 0. The van der Waals surface area contributed by atoms with Gasteiger partial charge < -0.3 is 15.5 Å². The van der Waals surface area contributed by atoms with Crippen molar-refractivity contribution in [2.45, 2.75) is 38.3 Å². The second-order valence-corrected chi connectivity index (χ2v) is 7.45. The number of rotatable bonds is 4. The molecule has 2 amide bonds. The topological polar surface area (TPSA) is 44.4 Å². The molecule has 2 saturated heterocycles. The maximum Gasteiger partial charge on any atom is 0.318 e. The number of benzene rings is 2. The molecule has 2 heterocycles. The molecule has 2 aromatic rings. The van der Waals surface area contributed by atoms with Crippen molar-refractivity contribution in [3.05, 3.63) is 59.7 Å². The molecule has 3 atom stereocenters. The van der Waals surface area contributed by atoms with Crippen LogP contribution in [0, 0.1) is 6.92 Å². The Kier molecular flexibility index (Phi) is 4.68. The summed E-state index contributed by atoms with van der Waals surface area (Å²) in [5, 5.41) is 6.48. The van der Waals surface area contributed by atoms with E-state index < -0.39 is 0 Å². The van der Waals surface area contributed by atoms with Gasteiger partial charge in [-0.3, -0.25) is 0 Å². The Hall–Kier alpha value is -2.33. The Morgan fingerprint density at radius 2 is 1.62 bits per heavy atom. The summed E-state index contributed by atoms with van der Waals surface area (Å²) in [7, 11) is 0. The third-order valence-corrected chi connectivity index (χ3v) is 5.69. The standard InChI is InChI=1S/C22H27N3O/c1-3-12-24-22(26)25-19-13-23-14-20(25)21(19)18-10-8-17(9-11-18)16-6-4-15(2)5-7-16/h4-11,19-21,23H,3,12-14H2,1-2H3,(H,24,26)/t19-,20+,21?. The Morgan fingerprint density at radius 3 is 2.19 bits per heavy atom. The van der Waals surface area contributed by atoms with Gasteiger partial charge in [-0.15, -0.1) is 0 Å². The monoisotopic (exact) mass is 349 g/mol. The molecule has 0 saturated carbocycles. The number of hydrogen-bond donors (Lipinski definition) is 2. The van der Waals surface area contributed by atoms with E-state index in [1.54, 1.807) is 0 Å². The lowest BCUT2D eigenvalue weighted by Crippen LogP contribution is -2.75. The van der Waals surface area contributed by atoms with E-state index in [0.29, 0.717) is 5.92 Å². The normalized spacial score (nSPS) is 24.1. The van der Waals surface area contributed by atoms with E-state index in [-0.39, 0.29) is 18.1 Å².